The number of benzene rings is 1. The smallest absolute Gasteiger partial charge is 0.338 e. The van der Waals surface area contributed by atoms with Crippen molar-refractivity contribution in [2.24, 2.45) is 0 Å². The first-order valence-corrected chi connectivity index (χ1v) is 5.40. The van der Waals surface area contributed by atoms with Crippen molar-refractivity contribution >= 4 is 17.7 Å². The summed E-state index contributed by atoms with van der Waals surface area (Å²) in [5.41, 5.74) is 0.205. The molecule has 0 aliphatic rings. The molecule has 0 unspecified atom stereocenters. The first kappa shape index (κ1) is 11.0. The van der Waals surface area contributed by atoms with Gasteiger partial charge in [-0.15, -0.1) is 0 Å². The lowest BCUT2D eigenvalue weighted by Gasteiger charge is -2.04. The molecule has 2 nitrogen and oxygen atoms in total. The summed E-state index contributed by atoms with van der Waals surface area (Å²) in [6.07, 6.45) is 0. The summed E-state index contributed by atoms with van der Waals surface area (Å²) in [5.74, 6) is -0.424. The highest BCUT2D eigenvalue weighted by Gasteiger charge is 2.12. The van der Waals surface area contributed by atoms with Crippen molar-refractivity contribution in [2.45, 2.75) is 12.7 Å². The lowest BCUT2D eigenvalue weighted by Crippen LogP contribution is -2.02. The van der Waals surface area contributed by atoms with E-state index in [-0.39, 0.29) is 5.56 Å². The Morgan fingerprint density at radius 2 is 2.29 bits per heavy atom. The number of aromatic carboxylic acids is 1. The molecule has 0 aliphatic carbocycles. The van der Waals surface area contributed by atoms with Gasteiger partial charge in [-0.05, 0) is 17.4 Å². The Kier molecular flexibility index (Phi) is 3.95. The van der Waals surface area contributed by atoms with E-state index in [1.165, 1.54) is 6.07 Å². The minimum Gasteiger partial charge on any atom is -0.478 e. The monoisotopic (exact) mass is 214 g/mol. The molecule has 0 aromatic heterocycles. The summed E-state index contributed by atoms with van der Waals surface area (Å²) in [5, 5.41) is 8.67. The Bertz CT molecular complexity index is 339. The van der Waals surface area contributed by atoms with Crippen LogP contribution in [-0.4, -0.2) is 16.8 Å². The van der Waals surface area contributed by atoms with Crippen LogP contribution >= 0.6 is 11.8 Å². The number of carboxylic acids is 1. The number of rotatable bonds is 4. The van der Waals surface area contributed by atoms with Crippen molar-refractivity contribution in [3.8, 4) is 0 Å². The first-order chi connectivity index (χ1) is 6.66. The van der Waals surface area contributed by atoms with Gasteiger partial charge in [-0.2, -0.15) is 11.8 Å². The molecule has 0 saturated carbocycles. The highest BCUT2D eigenvalue weighted by atomic mass is 32.2. The molecule has 4 heteroatoms. The van der Waals surface area contributed by atoms with Crippen LogP contribution < -0.4 is 0 Å². The zero-order valence-electron chi connectivity index (χ0n) is 7.79. The zero-order valence-corrected chi connectivity index (χ0v) is 8.60. The summed E-state index contributed by atoms with van der Waals surface area (Å²) >= 11 is 1.56. The Morgan fingerprint density at radius 3 is 2.86 bits per heavy atom. The van der Waals surface area contributed by atoms with Gasteiger partial charge < -0.3 is 5.11 Å². The van der Waals surface area contributed by atoms with Crippen LogP contribution in [0.25, 0.3) is 0 Å². The van der Waals surface area contributed by atoms with Crippen LogP contribution in [0.3, 0.4) is 0 Å². The van der Waals surface area contributed by atoms with E-state index >= 15 is 0 Å². The van der Waals surface area contributed by atoms with Gasteiger partial charge in [0, 0.05) is 5.75 Å². The van der Waals surface area contributed by atoms with Crippen molar-refractivity contribution < 1.29 is 14.3 Å². The van der Waals surface area contributed by atoms with Gasteiger partial charge in [0.15, 0.2) is 0 Å². The Labute approximate surface area is 86.1 Å². The summed E-state index contributed by atoms with van der Waals surface area (Å²) in [6, 6.07) is 4.46. The molecule has 1 aromatic rings. The number of carboxylic acid groups (broad SMARTS) is 1. The molecule has 0 heterocycles. The first-order valence-electron chi connectivity index (χ1n) is 4.25. The Hall–Kier alpha value is -1.03. The van der Waals surface area contributed by atoms with Crippen molar-refractivity contribution in [1.29, 1.82) is 0 Å². The van der Waals surface area contributed by atoms with E-state index in [9.17, 15) is 9.18 Å². The largest absolute Gasteiger partial charge is 0.478 e. The van der Waals surface area contributed by atoms with Gasteiger partial charge in [-0.1, -0.05) is 19.1 Å². The second-order valence-corrected chi connectivity index (χ2v) is 4.00. The van der Waals surface area contributed by atoms with Gasteiger partial charge in [0.05, 0.1) is 5.56 Å². The predicted octanol–water partition coefficient (Wildman–Crippen LogP) is 2.78. The highest BCUT2D eigenvalue weighted by molar-refractivity contribution is 7.98. The lowest BCUT2D eigenvalue weighted by atomic mass is 10.1. The van der Waals surface area contributed by atoms with Gasteiger partial charge in [-0.3, -0.25) is 0 Å². The standard InChI is InChI=1S/C10H11FO2S/c1-2-14-6-7-4-3-5-8(9(7)11)10(12)13/h3-5H,2,6H2,1H3,(H,12,13). The molecule has 0 bridgehead atoms. The van der Waals surface area contributed by atoms with E-state index in [4.69, 9.17) is 5.11 Å². The minimum atomic E-state index is -1.22. The maximum absolute atomic E-state index is 13.5. The molecule has 1 aromatic carbocycles. The molecule has 0 spiro atoms. The second kappa shape index (κ2) is 5.00. The number of halogens is 1. The number of hydrogen-bond donors (Lipinski definition) is 1. The average Bonchev–Trinajstić information content (AvgIpc) is 2.16. The maximum atomic E-state index is 13.5. The molecule has 1 N–H and O–H groups in total. The fourth-order valence-electron chi connectivity index (χ4n) is 1.07. The Balaban J connectivity index is 2.95. The van der Waals surface area contributed by atoms with E-state index in [0.717, 1.165) is 5.75 Å². The average molecular weight is 214 g/mol. The predicted molar refractivity (Wildman–Crippen MR) is 55.2 cm³/mol. The molecular formula is C10H11FO2S. The SMILES string of the molecule is CCSCc1cccc(C(=O)O)c1F. The van der Waals surface area contributed by atoms with Gasteiger partial charge in [0.1, 0.15) is 5.82 Å². The fourth-order valence-corrected chi connectivity index (χ4v) is 1.72. The van der Waals surface area contributed by atoms with Gasteiger partial charge in [-0.25, -0.2) is 9.18 Å². The number of thioether (sulfide) groups is 1. The summed E-state index contributed by atoms with van der Waals surface area (Å²) in [4.78, 5) is 10.6. The molecule has 0 saturated heterocycles. The van der Waals surface area contributed by atoms with Crippen LogP contribution in [0.2, 0.25) is 0 Å². The minimum absolute atomic E-state index is 0.251. The van der Waals surface area contributed by atoms with Crippen LogP contribution in [0.15, 0.2) is 18.2 Å². The van der Waals surface area contributed by atoms with Crippen LogP contribution in [-0.2, 0) is 5.75 Å². The van der Waals surface area contributed by atoms with Crippen LogP contribution in [0, 0.1) is 5.82 Å². The molecule has 0 aliphatic heterocycles. The molecule has 0 radical (unpaired) electrons. The van der Waals surface area contributed by atoms with Crippen molar-refractivity contribution in [2.75, 3.05) is 5.75 Å². The normalized spacial score (nSPS) is 10.1. The highest BCUT2D eigenvalue weighted by Crippen LogP contribution is 2.18. The summed E-state index contributed by atoms with van der Waals surface area (Å²) in [7, 11) is 0. The van der Waals surface area contributed by atoms with Crippen LogP contribution in [0.5, 0.6) is 0 Å². The Morgan fingerprint density at radius 1 is 1.57 bits per heavy atom. The topological polar surface area (TPSA) is 37.3 Å². The van der Waals surface area contributed by atoms with E-state index in [2.05, 4.69) is 0 Å². The van der Waals surface area contributed by atoms with Crippen molar-refractivity contribution in [3.63, 3.8) is 0 Å². The van der Waals surface area contributed by atoms with E-state index in [1.807, 2.05) is 6.92 Å². The second-order valence-electron chi connectivity index (χ2n) is 2.72. The quantitative estimate of drug-likeness (QED) is 0.837. The lowest BCUT2D eigenvalue weighted by molar-refractivity contribution is 0.0691. The molecule has 0 fully saturated rings. The van der Waals surface area contributed by atoms with E-state index in [1.54, 1.807) is 23.9 Å². The van der Waals surface area contributed by atoms with Gasteiger partial charge in [0.25, 0.3) is 0 Å². The summed E-state index contributed by atoms with van der Waals surface area (Å²) in [6.45, 7) is 1.98. The van der Waals surface area contributed by atoms with Gasteiger partial charge >= 0.3 is 5.97 Å². The number of carbonyl (C=O) groups is 1. The zero-order chi connectivity index (χ0) is 10.6. The molecule has 0 atom stereocenters. The molecule has 0 amide bonds. The fraction of sp³-hybridized carbons (Fsp3) is 0.300. The van der Waals surface area contributed by atoms with Crippen molar-refractivity contribution in [3.05, 3.63) is 35.1 Å². The third-order valence-electron chi connectivity index (χ3n) is 1.77. The van der Waals surface area contributed by atoms with Crippen molar-refractivity contribution in [1.82, 2.24) is 0 Å². The molecule has 1 rings (SSSR count). The maximum Gasteiger partial charge on any atom is 0.338 e. The van der Waals surface area contributed by atoms with Crippen LogP contribution in [0.1, 0.15) is 22.8 Å². The summed E-state index contributed by atoms with van der Waals surface area (Å²) < 4.78 is 13.5. The van der Waals surface area contributed by atoms with E-state index < -0.39 is 11.8 Å². The molecule has 76 valence electrons. The third-order valence-corrected chi connectivity index (χ3v) is 2.69. The molecule has 14 heavy (non-hydrogen) atoms. The van der Waals surface area contributed by atoms with Gasteiger partial charge in [0.2, 0.25) is 0 Å². The van der Waals surface area contributed by atoms with Crippen LogP contribution in [0.4, 0.5) is 4.39 Å². The number of hydrogen-bond acceptors (Lipinski definition) is 2. The van der Waals surface area contributed by atoms with E-state index in [0.29, 0.717) is 11.3 Å². The molecular weight excluding hydrogens is 203 g/mol. The third kappa shape index (κ3) is 2.48.